The van der Waals surface area contributed by atoms with Crippen LogP contribution in [0.4, 0.5) is 10.5 Å². The van der Waals surface area contributed by atoms with Crippen molar-refractivity contribution in [3.05, 3.63) is 12.1 Å². The summed E-state index contributed by atoms with van der Waals surface area (Å²) in [7, 11) is 6.09. The Morgan fingerprint density at radius 2 is 1.53 bits per heavy atom. The summed E-state index contributed by atoms with van der Waals surface area (Å²) in [6, 6.07) is 2.94. The van der Waals surface area contributed by atoms with Gasteiger partial charge < -0.3 is 24.8 Å². The van der Waals surface area contributed by atoms with Crippen molar-refractivity contribution < 1.29 is 19.0 Å². The number of carbonyl (C=O) groups excluding carboxylic acids is 1. The Kier molecular flexibility index (Phi) is 4.45. The van der Waals surface area contributed by atoms with E-state index in [9.17, 15) is 4.79 Å². The number of urea groups is 1. The standard InChI is InChI=1S/C11H16N2O4/c1-12-11(14)13-7-5-9(16-3)10(17-4)6-8(7)15-2/h5-6H,1-4H3,(H2,12,13,14). The van der Waals surface area contributed by atoms with Gasteiger partial charge in [-0.3, -0.25) is 0 Å². The first-order valence-electron chi connectivity index (χ1n) is 4.95. The van der Waals surface area contributed by atoms with Gasteiger partial charge in [-0.05, 0) is 0 Å². The molecule has 94 valence electrons. The van der Waals surface area contributed by atoms with Crippen LogP contribution in [-0.2, 0) is 0 Å². The second-order valence-corrected chi connectivity index (χ2v) is 3.11. The molecule has 6 heteroatoms. The zero-order chi connectivity index (χ0) is 12.8. The summed E-state index contributed by atoms with van der Waals surface area (Å²) >= 11 is 0. The smallest absolute Gasteiger partial charge is 0.319 e. The molecular formula is C11H16N2O4. The highest BCUT2D eigenvalue weighted by Gasteiger charge is 2.13. The van der Waals surface area contributed by atoms with Gasteiger partial charge in [0.15, 0.2) is 11.5 Å². The topological polar surface area (TPSA) is 68.8 Å². The number of benzene rings is 1. The SMILES string of the molecule is CNC(=O)Nc1cc(OC)c(OC)cc1OC. The molecule has 2 amide bonds. The van der Waals surface area contributed by atoms with E-state index >= 15 is 0 Å². The molecule has 2 N–H and O–H groups in total. The Bertz CT molecular complexity index is 407. The van der Waals surface area contributed by atoms with Crippen LogP contribution in [0.2, 0.25) is 0 Å². The molecule has 1 rings (SSSR count). The van der Waals surface area contributed by atoms with Crippen molar-refractivity contribution in [2.24, 2.45) is 0 Å². The first kappa shape index (κ1) is 13.0. The maximum absolute atomic E-state index is 11.3. The predicted molar refractivity (Wildman–Crippen MR) is 64.2 cm³/mol. The van der Waals surface area contributed by atoms with E-state index in [0.717, 1.165) is 0 Å². The average Bonchev–Trinajstić information content (AvgIpc) is 2.37. The molecule has 17 heavy (non-hydrogen) atoms. The number of carbonyl (C=O) groups is 1. The van der Waals surface area contributed by atoms with Gasteiger partial charge in [-0.1, -0.05) is 0 Å². The molecule has 1 aromatic rings. The average molecular weight is 240 g/mol. The summed E-state index contributed by atoms with van der Waals surface area (Å²) in [5.41, 5.74) is 0.504. The van der Waals surface area contributed by atoms with Crippen molar-refractivity contribution >= 4 is 11.7 Å². The summed E-state index contributed by atoms with van der Waals surface area (Å²) in [6.07, 6.45) is 0. The summed E-state index contributed by atoms with van der Waals surface area (Å²) in [4.78, 5) is 11.3. The highest BCUT2D eigenvalue weighted by molar-refractivity contribution is 5.91. The lowest BCUT2D eigenvalue weighted by Gasteiger charge is -2.14. The number of hydrogen-bond donors (Lipinski definition) is 2. The molecule has 0 saturated carbocycles. The summed E-state index contributed by atoms with van der Waals surface area (Å²) in [5, 5.41) is 5.08. The lowest BCUT2D eigenvalue weighted by Crippen LogP contribution is -2.24. The maximum Gasteiger partial charge on any atom is 0.319 e. The zero-order valence-electron chi connectivity index (χ0n) is 10.3. The number of rotatable bonds is 4. The van der Waals surface area contributed by atoms with E-state index in [-0.39, 0.29) is 6.03 Å². The molecule has 0 saturated heterocycles. The fourth-order valence-electron chi connectivity index (χ4n) is 1.31. The number of nitrogens with one attached hydrogen (secondary N) is 2. The van der Waals surface area contributed by atoms with E-state index < -0.39 is 0 Å². The Morgan fingerprint density at radius 3 is 2.00 bits per heavy atom. The monoisotopic (exact) mass is 240 g/mol. The minimum atomic E-state index is -0.337. The van der Waals surface area contributed by atoms with Crippen LogP contribution in [0.5, 0.6) is 17.2 Å². The van der Waals surface area contributed by atoms with Gasteiger partial charge >= 0.3 is 6.03 Å². The van der Waals surface area contributed by atoms with Crippen LogP contribution in [0.3, 0.4) is 0 Å². The van der Waals surface area contributed by atoms with Gasteiger partial charge in [0, 0.05) is 19.2 Å². The quantitative estimate of drug-likeness (QED) is 0.836. The molecule has 0 radical (unpaired) electrons. The van der Waals surface area contributed by atoms with Crippen molar-refractivity contribution in [1.82, 2.24) is 5.32 Å². The molecule has 1 aromatic carbocycles. The Balaban J connectivity index is 3.14. The van der Waals surface area contributed by atoms with Crippen LogP contribution in [0.1, 0.15) is 0 Å². The third-order valence-corrected chi connectivity index (χ3v) is 2.18. The first-order valence-corrected chi connectivity index (χ1v) is 4.95. The molecule has 0 aliphatic carbocycles. The van der Waals surface area contributed by atoms with Crippen molar-refractivity contribution in [3.63, 3.8) is 0 Å². The van der Waals surface area contributed by atoms with Gasteiger partial charge in [0.05, 0.1) is 27.0 Å². The summed E-state index contributed by atoms with van der Waals surface area (Å²) in [6.45, 7) is 0. The molecule has 0 bridgehead atoms. The van der Waals surface area contributed by atoms with Crippen LogP contribution in [0.15, 0.2) is 12.1 Å². The fourth-order valence-corrected chi connectivity index (χ4v) is 1.31. The third-order valence-electron chi connectivity index (χ3n) is 2.18. The van der Waals surface area contributed by atoms with Crippen molar-refractivity contribution in [1.29, 1.82) is 0 Å². The Labute approximate surface area is 99.9 Å². The molecule has 6 nitrogen and oxygen atoms in total. The molecule has 0 aliphatic heterocycles. The van der Waals surface area contributed by atoms with Gasteiger partial charge in [-0.25, -0.2) is 4.79 Å². The van der Waals surface area contributed by atoms with Gasteiger partial charge in [0.2, 0.25) is 0 Å². The van der Waals surface area contributed by atoms with Crippen LogP contribution in [0, 0.1) is 0 Å². The number of hydrogen-bond acceptors (Lipinski definition) is 4. The molecule has 0 aliphatic rings. The lowest BCUT2D eigenvalue weighted by molar-refractivity contribution is 0.254. The number of anilines is 1. The van der Waals surface area contributed by atoms with E-state index in [4.69, 9.17) is 14.2 Å². The Morgan fingerprint density at radius 1 is 1.00 bits per heavy atom. The molecule has 0 unspecified atom stereocenters. The van der Waals surface area contributed by atoms with Crippen molar-refractivity contribution in [3.8, 4) is 17.2 Å². The van der Waals surface area contributed by atoms with E-state index in [0.29, 0.717) is 22.9 Å². The third kappa shape index (κ3) is 2.93. The second-order valence-electron chi connectivity index (χ2n) is 3.11. The van der Waals surface area contributed by atoms with Gasteiger partial charge in [-0.2, -0.15) is 0 Å². The molecule has 0 atom stereocenters. The molecular weight excluding hydrogens is 224 g/mol. The second kappa shape index (κ2) is 5.83. The van der Waals surface area contributed by atoms with E-state index in [1.54, 1.807) is 12.1 Å². The maximum atomic E-state index is 11.3. The normalized spacial score (nSPS) is 9.41. The highest BCUT2D eigenvalue weighted by atomic mass is 16.5. The molecule has 0 fully saturated rings. The van der Waals surface area contributed by atoms with E-state index in [1.807, 2.05) is 0 Å². The first-order chi connectivity index (χ1) is 8.15. The fraction of sp³-hybridized carbons (Fsp3) is 0.364. The largest absolute Gasteiger partial charge is 0.494 e. The summed E-state index contributed by atoms with van der Waals surface area (Å²) in [5.74, 6) is 1.54. The van der Waals surface area contributed by atoms with Crippen LogP contribution in [-0.4, -0.2) is 34.4 Å². The number of amides is 2. The van der Waals surface area contributed by atoms with Crippen LogP contribution < -0.4 is 24.8 Å². The van der Waals surface area contributed by atoms with Crippen molar-refractivity contribution in [2.75, 3.05) is 33.7 Å². The van der Waals surface area contributed by atoms with Gasteiger partial charge in [-0.15, -0.1) is 0 Å². The lowest BCUT2D eigenvalue weighted by atomic mass is 10.2. The van der Waals surface area contributed by atoms with E-state index in [2.05, 4.69) is 10.6 Å². The predicted octanol–water partition coefficient (Wildman–Crippen LogP) is 1.46. The summed E-state index contributed by atoms with van der Waals surface area (Å²) < 4.78 is 15.4. The minimum absolute atomic E-state index is 0.337. The minimum Gasteiger partial charge on any atom is -0.494 e. The van der Waals surface area contributed by atoms with Gasteiger partial charge in [0.25, 0.3) is 0 Å². The van der Waals surface area contributed by atoms with Gasteiger partial charge in [0.1, 0.15) is 5.75 Å². The van der Waals surface area contributed by atoms with Crippen molar-refractivity contribution in [2.45, 2.75) is 0 Å². The number of ether oxygens (including phenoxy) is 3. The van der Waals surface area contributed by atoms with E-state index in [1.165, 1.54) is 28.4 Å². The zero-order valence-corrected chi connectivity index (χ0v) is 10.3. The highest BCUT2D eigenvalue weighted by Crippen LogP contribution is 2.37. The molecule has 0 heterocycles. The Hall–Kier alpha value is -2.11. The van der Waals surface area contributed by atoms with Crippen LogP contribution >= 0.6 is 0 Å². The molecule has 0 aromatic heterocycles. The molecule has 0 spiro atoms. The van der Waals surface area contributed by atoms with Crippen LogP contribution in [0.25, 0.3) is 0 Å². The number of methoxy groups -OCH3 is 3.